The van der Waals surface area contributed by atoms with Crippen molar-refractivity contribution in [3.8, 4) is 5.75 Å². The van der Waals surface area contributed by atoms with Crippen LogP contribution in [0.2, 0.25) is 5.02 Å². The van der Waals surface area contributed by atoms with Crippen molar-refractivity contribution in [2.45, 2.75) is 26.7 Å². The van der Waals surface area contributed by atoms with Crippen LogP contribution in [0, 0.1) is 13.8 Å². The Hall–Kier alpha value is -2.45. The number of aryl methyl sites for hydroxylation is 1. The Morgan fingerprint density at radius 1 is 1.12 bits per heavy atom. The Balaban J connectivity index is 1.55. The number of benzene rings is 2. The molecular weight excluding hydrogens is 462 g/mol. The number of nitrogens with zero attached hydrogens (tertiary/aromatic N) is 3. The summed E-state index contributed by atoms with van der Waals surface area (Å²) in [5, 5.41) is 0.335. The number of piperazine rings is 1. The van der Waals surface area contributed by atoms with Crippen molar-refractivity contribution in [1.29, 1.82) is 0 Å². The van der Waals surface area contributed by atoms with Gasteiger partial charge in [0.05, 0.1) is 24.1 Å². The molecule has 0 bridgehead atoms. The van der Waals surface area contributed by atoms with E-state index in [1.54, 1.807) is 18.2 Å². The molecule has 33 heavy (non-hydrogen) atoms. The number of methoxy groups -OCH3 is 1. The predicted octanol–water partition coefficient (Wildman–Crippen LogP) is 3.86. The van der Waals surface area contributed by atoms with E-state index in [1.807, 2.05) is 4.90 Å². The summed E-state index contributed by atoms with van der Waals surface area (Å²) in [6, 6.07) is 11.2. The number of rotatable bonds is 8. The van der Waals surface area contributed by atoms with Gasteiger partial charge < -0.3 is 14.5 Å². The number of carbonyl (C=O) groups is 1. The third-order valence-electron chi connectivity index (χ3n) is 6.12. The average Bonchev–Trinajstić information content (AvgIpc) is 2.77. The number of amides is 1. The first kappa shape index (κ1) is 25.2. The normalized spacial score (nSPS) is 14.3. The Morgan fingerprint density at radius 2 is 1.82 bits per heavy atom. The standard InChI is InChI=1S/C24H32ClN3O4S/c1-18-7-5-8-22(19(18)2)26-13-15-27(16-14-26)24(29)9-6-12-28(33(4,30)31)20-10-11-23(32-3)21(25)17-20/h5,7-8,10-11,17H,6,9,12-16H2,1-4H3. The van der Waals surface area contributed by atoms with Crippen molar-refractivity contribution < 1.29 is 17.9 Å². The van der Waals surface area contributed by atoms with Gasteiger partial charge >= 0.3 is 0 Å². The SMILES string of the molecule is COc1ccc(N(CCCC(=O)N2CCN(c3cccc(C)c3C)CC2)S(C)(=O)=O)cc1Cl. The van der Waals surface area contributed by atoms with Crippen LogP contribution in [-0.4, -0.2) is 65.3 Å². The molecule has 2 aromatic carbocycles. The van der Waals surface area contributed by atoms with Gasteiger partial charge in [-0.1, -0.05) is 23.7 Å². The molecule has 1 amide bonds. The van der Waals surface area contributed by atoms with Crippen molar-refractivity contribution in [2.75, 3.05) is 55.3 Å². The number of carbonyl (C=O) groups excluding carboxylic acids is 1. The van der Waals surface area contributed by atoms with E-state index in [0.29, 0.717) is 42.4 Å². The zero-order chi connectivity index (χ0) is 24.2. The van der Waals surface area contributed by atoms with E-state index < -0.39 is 10.0 Å². The smallest absolute Gasteiger partial charge is 0.232 e. The lowest BCUT2D eigenvalue weighted by Crippen LogP contribution is -2.49. The average molecular weight is 494 g/mol. The van der Waals surface area contributed by atoms with Gasteiger partial charge in [0.2, 0.25) is 15.9 Å². The summed E-state index contributed by atoms with van der Waals surface area (Å²) in [7, 11) is -2.02. The molecule has 0 N–H and O–H groups in total. The van der Waals surface area contributed by atoms with Crippen LogP contribution in [0.25, 0.3) is 0 Å². The minimum atomic E-state index is -3.52. The summed E-state index contributed by atoms with van der Waals surface area (Å²) in [4.78, 5) is 17.0. The first-order valence-corrected chi connectivity index (χ1v) is 13.2. The molecule has 0 unspecified atom stereocenters. The lowest BCUT2D eigenvalue weighted by atomic mass is 10.1. The van der Waals surface area contributed by atoms with Gasteiger partial charge in [0.1, 0.15) is 5.75 Å². The van der Waals surface area contributed by atoms with Crippen molar-refractivity contribution in [2.24, 2.45) is 0 Å². The van der Waals surface area contributed by atoms with Crippen LogP contribution in [0.4, 0.5) is 11.4 Å². The van der Waals surface area contributed by atoms with E-state index in [0.717, 1.165) is 19.3 Å². The van der Waals surface area contributed by atoms with Gasteiger partial charge in [0.15, 0.2) is 0 Å². The van der Waals surface area contributed by atoms with Gasteiger partial charge in [-0.05, 0) is 55.7 Å². The van der Waals surface area contributed by atoms with Gasteiger partial charge in [-0.25, -0.2) is 8.42 Å². The Morgan fingerprint density at radius 3 is 2.42 bits per heavy atom. The van der Waals surface area contributed by atoms with Crippen molar-refractivity contribution in [1.82, 2.24) is 4.90 Å². The molecule has 1 heterocycles. The van der Waals surface area contributed by atoms with Crippen molar-refractivity contribution in [3.63, 3.8) is 0 Å². The fourth-order valence-corrected chi connectivity index (χ4v) is 5.31. The molecule has 0 spiro atoms. The Kier molecular flexibility index (Phi) is 8.13. The zero-order valence-corrected chi connectivity index (χ0v) is 21.2. The topological polar surface area (TPSA) is 70.2 Å². The van der Waals surface area contributed by atoms with Crippen LogP contribution in [0.15, 0.2) is 36.4 Å². The number of hydrogen-bond acceptors (Lipinski definition) is 5. The maximum absolute atomic E-state index is 12.8. The summed E-state index contributed by atoms with van der Waals surface area (Å²) in [5.41, 5.74) is 4.22. The summed E-state index contributed by atoms with van der Waals surface area (Å²) in [6.07, 6.45) is 1.87. The molecule has 0 aromatic heterocycles. The lowest BCUT2D eigenvalue weighted by molar-refractivity contribution is -0.131. The van der Waals surface area contributed by atoms with Crippen LogP contribution in [0.1, 0.15) is 24.0 Å². The van der Waals surface area contributed by atoms with Gasteiger partial charge in [-0.15, -0.1) is 0 Å². The molecule has 1 aliphatic heterocycles. The molecule has 1 fully saturated rings. The lowest BCUT2D eigenvalue weighted by Gasteiger charge is -2.37. The molecule has 0 atom stereocenters. The fraction of sp³-hybridized carbons (Fsp3) is 0.458. The Bertz CT molecular complexity index is 1100. The molecule has 1 saturated heterocycles. The number of halogens is 1. The molecule has 0 radical (unpaired) electrons. The van der Waals surface area contributed by atoms with Gasteiger partial charge in [-0.2, -0.15) is 0 Å². The van der Waals surface area contributed by atoms with Crippen LogP contribution in [0.3, 0.4) is 0 Å². The van der Waals surface area contributed by atoms with E-state index in [2.05, 4.69) is 36.9 Å². The van der Waals surface area contributed by atoms with Crippen LogP contribution < -0.4 is 13.9 Å². The maximum Gasteiger partial charge on any atom is 0.232 e. The van der Waals surface area contributed by atoms with Gasteiger partial charge in [-0.3, -0.25) is 9.10 Å². The minimum Gasteiger partial charge on any atom is -0.495 e. The molecule has 9 heteroatoms. The maximum atomic E-state index is 12.8. The van der Waals surface area contributed by atoms with Gasteiger partial charge in [0.25, 0.3) is 0 Å². The first-order valence-electron chi connectivity index (χ1n) is 11.0. The van der Waals surface area contributed by atoms with Crippen molar-refractivity contribution in [3.05, 3.63) is 52.5 Å². The van der Waals surface area contributed by atoms with E-state index in [4.69, 9.17) is 16.3 Å². The largest absolute Gasteiger partial charge is 0.495 e. The highest BCUT2D eigenvalue weighted by Gasteiger charge is 2.23. The highest BCUT2D eigenvalue weighted by molar-refractivity contribution is 7.92. The number of sulfonamides is 1. The molecule has 2 aromatic rings. The number of hydrogen-bond donors (Lipinski definition) is 0. The summed E-state index contributed by atoms with van der Waals surface area (Å²) >= 11 is 6.17. The van der Waals surface area contributed by atoms with E-state index >= 15 is 0 Å². The molecule has 1 aliphatic rings. The number of ether oxygens (including phenoxy) is 1. The molecular formula is C24H32ClN3O4S. The van der Waals surface area contributed by atoms with Crippen LogP contribution in [-0.2, 0) is 14.8 Å². The molecule has 7 nitrogen and oxygen atoms in total. The molecule has 180 valence electrons. The minimum absolute atomic E-state index is 0.0526. The quantitative estimate of drug-likeness (QED) is 0.558. The zero-order valence-electron chi connectivity index (χ0n) is 19.7. The molecule has 3 rings (SSSR count). The summed E-state index contributed by atoms with van der Waals surface area (Å²) in [6.45, 7) is 7.34. The molecule has 0 aliphatic carbocycles. The summed E-state index contributed by atoms with van der Waals surface area (Å²) < 4.78 is 31.1. The van der Waals surface area contributed by atoms with Crippen LogP contribution >= 0.6 is 11.6 Å². The third-order valence-corrected chi connectivity index (χ3v) is 7.61. The monoisotopic (exact) mass is 493 g/mol. The van der Waals surface area contributed by atoms with Crippen LogP contribution in [0.5, 0.6) is 5.75 Å². The van der Waals surface area contributed by atoms with E-state index in [9.17, 15) is 13.2 Å². The van der Waals surface area contributed by atoms with E-state index in [-0.39, 0.29) is 12.5 Å². The fourth-order valence-electron chi connectivity index (χ4n) is 4.10. The first-order chi connectivity index (χ1) is 15.6. The third kappa shape index (κ3) is 6.12. The molecule has 0 saturated carbocycles. The summed E-state index contributed by atoms with van der Waals surface area (Å²) in [5.74, 6) is 0.529. The van der Waals surface area contributed by atoms with Crippen molar-refractivity contribution >= 4 is 38.9 Å². The second kappa shape index (κ2) is 10.7. The predicted molar refractivity (Wildman–Crippen MR) is 134 cm³/mol. The second-order valence-electron chi connectivity index (χ2n) is 8.34. The highest BCUT2D eigenvalue weighted by atomic mass is 35.5. The Labute approximate surface area is 201 Å². The van der Waals surface area contributed by atoms with Gasteiger partial charge in [0, 0.05) is 44.8 Å². The number of anilines is 2. The second-order valence-corrected chi connectivity index (χ2v) is 10.7. The highest BCUT2D eigenvalue weighted by Crippen LogP contribution is 2.30. The van der Waals surface area contributed by atoms with E-state index in [1.165, 1.54) is 28.2 Å².